The van der Waals surface area contributed by atoms with E-state index in [1.165, 1.54) is 0 Å². The van der Waals surface area contributed by atoms with Crippen molar-refractivity contribution in [2.45, 2.75) is 13.3 Å². The Morgan fingerprint density at radius 1 is 1.14 bits per heavy atom. The van der Waals surface area contributed by atoms with E-state index in [1.54, 1.807) is 0 Å². The summed E-state index contributed by atoms with van der Waals surface area (Å²) < 4.78 is 2.08. The molecule has 0 fully saturated rings. The normalized spacial score (nSPS) is 11.2. The van der Waals surface area contributed by atoms with Crippen molar-refractivity contribution in [2.75, 3.05) is 5.88 Å². The van der Waals surface area contributed by atoms with Crippen molar-refractivity contribution in [2.24, 2.45) is 0 Å². The SMILES string of the molecule is Cc1cccc(Cl)c1-n1c(CCCl)nc2cc(Cl)ccc21. The Kier molecular flexibility index (Phi) is 4.12. The summed E-state index contributed by atoms with van der Waals surface area (Å²) in [5.41, 5.74) is 3.87. The Morgan fingerprint density at radius 2 is 1.95 bits per heavy atom. The van der Waals surface area contributed by atoms with Crippen LogP contribution >= 0.6 is 34.8 Å². The average molecular weight is 340 g/mol. The van der Waals surface area contributed by atoms with Crippen molar-refractivity contribution in [3.8, 4) is 5.69 Å². The van der Waals surface area contributed by atoms with Crippen LogP contribution in [0.25, 0.3) is 16.7 Å². The first-order chi connectivity index (χ1) is 10.1. The Labute approximate surface area is 138 Å². The lowest BCUT2D eigenvalue weighted by Gasteiger charge is -2.13. The zero-order valence-electron chi connectivity index (χ0n) is 11.4. The molecule has 0 aliphatic rings. The highest BCUT2D eigenvalue weighted by Gasteiger charge is 2.16. The number of aromatic nitrogens is 2. The van der Waals surface area contributed by atoms with Crippen LogP contribution in [0.2, 0.25) is 10.0 Å². The fourth-order valence-corrected chi connectivity index (χ4v) is 3.15. The number of hydrogen-bond acceptors (Lipinski definition) is 1. The molecule has 2 aromatic carbocycles. The minimum atomic E-state index is 0.501. The van der Waals surface area contributed by atoms with E-state index in [4.69, 9.17) is 34.8 Å². The lowest BCUT2D eigenvalue weighted by Crippen LogP contribution is -2.04. The predicted octanol–water partition coefficient (Wildman–Crippen LogP) is 5.42. The number of nitrogens with zero attached hydrogens (tertiary/aromatic N) is 2. The monoisotopic (exact) mass is 338 g/mol. The molecule has 0 unspecified atom stereocenters. The second-order valence-corrected chi connectivity index (χ2v) is 6.06. The van der Waals surface area contributed by atoms with Crippen LogP contribution in [0.15, 0.2) is 36.4 Å². The van der Waals surface area contributed by atoms with E-state index >= 15 is 0 Å². The first kappa shape index (κ1) is 14.7. The Balaban J connectivity index is 2.36. The number of halogens is 3. The fourth-order valence-electron chi connectivity index (χ4n) is 2.51. The van der Waals surface area contributed by atoms with E-state index in [0.717, 1.165) is 28.1 Å². The highest BCUT2D eigenvalue weighted by atomic mass is 35.5. The summed E-state index contributed by atoms with van der Waals surface area (Å²) in [7, 11) is 0. The topological polar surface area (TPSA) is 17.8 Å². The summed E-state index contributed by atoms with van der Waals surface area (Å²) in [6.45, 7) is 2.04. The molecule has 0 saturated carbocycles. The molecule has 5 heteroatoms. The molecule has 0 aliphatic carbocycles. The van der Waals surface area contributed by atoms with Crippen molar-refractivity contribution >= 4 is 45.8 Å². The number of benzene rings is 2. The molecule has 0 radical (unpaired) electrons. The average Bonchev–Trinajstić information content (AvgIpc) is 2.77. The van der Waals surface area contributed by atoms with Crippen LogP contribution in [0, 0.1) is 6.92 Å². The highest BCUT2D eigenvalue weighted by molar-refractivity contribution is 6.32. The zero-order chi connectivity index (χ0) is 15.0. The third-order valence-corrected chi connectivity index (χ3v) is 4.15. The number of para-hydroxylation sites is 1. The first-order valence-corrected chi connectivity index (χ1v) is 7.89. The maximum absolute atomic E-state index is 6.42. The van der Waals surface area contributed by atoms with Crippen LogP contribution in [0.5, 0.6) is 0 Å². The van der Waals surface area contributed by atoms with Crippen molar-refractivity contribution in [1.29, 1.82) is 0 Å². The molecule has 0 N–H and O–H groups in total. The van der Waals surface area contributed by atoms with Crippen molar-refractivity contribution in [3.05, 3.63) is 57.8 Å². The van der Waals surface area contributed by atoms with E-state index in [9.17, 15) is 0 Å². The second kappa shape index (κ2) is 5.88. The molecule has 21 heavy (non-hydrogen) atoms. The minimum Gasteiger partial charge on any atom is -0.294 e. The number of fused-ring (bicyclic) bond motifs is 1. The molecule has 1 aromatic heterocycles. The predicted molar refractivity (Wildman–Crippen MR) is 90.3 cm³/mol. The molecule has 0 amide bonds. The van der Waals surface area contributed by atoms with E-state index in [-0.39, 0.29) is 0 Å². The van der Waals surface area contributed by atoms with Crippen LogP contribution in [0.3, 0.4) is 0 Å². The number of aryl methyl sites for hydroxylation is 2. The standard InChI is InChI=1S/C16H13Cl3N2/c1-10-3-2-4-12(19)16(10)21-14-6-5-11(18)9-13(14)20-15(21)7-8-17/h2-6,9H,7-8H2,1H3. The first-order valence-electron chi connectivity index (χ1n) is 6.60. The quantitative estimate of drug-likeness (QED) is 0.582. The van der Waals surface area contributed by atoms with Gasteiger partial charge in [-0.15, -0.1) is 11.6 Å². The van der Waals surface area contributed by atoms with Crippen molar-refractivity contribution in [3.63, 3.8) is 0 Å². The van der Waals surface area contributed by atoms with E-state index in [1.807, 2.05) is 43.3 Å². The molecule has 0 bridgehead atoms. The third kappa shape index (κ3) is 2.64. The van der Waals surface area contributed by atoms with Gasteiger partial charge in [-0.1, -0.05) is 35.3 Å². The largest absolute Gasteiger partial charge is 0.294 e. The molecule has 0 spiro atoms. The van der Waals surface area contributed by atoms with E-state index < -0.39 is 0 Å². The van der Waals surface area contributed by atoms with Crippen molar-refractivity contribution in [1.82, 2.24) is 9.55 Å². The van der Waals surface area contributed by atoms with Gasteiger partial charge >= 0.3 is 0 Å². The summed E-state index contributed by atoms with van der Waals surface area (Å²) in [6.07, 6.45) is 0.665. The van der Waals surface area contributed by atoms with Gasteiger partial charge in [0.1, 0.15) is 5.82 Å². The molecule has 3 rings (SSSR count). The van der Waals surface area contributed by atoms with Gasteiger partial charge in [-0.3, -0.25) is 4.57 Å². The molecule has 2 nitrogen and oxygen atoms in total. The summed E-state index contributed by atoms with van der Waals surface area (Å²) in [4.78, 5) is 4.66. The molecule has 1 heterocycles. The highest BCUT2D eigenvalue weighted by Crippen LogP contribution is 2.30. The van der Waals surface area contributed by atoms with Gasteiger partial charge in [0, 0.05) is 17.3 Å². The minimum absolute atomic E-state index is 0.501. The van der Waals surface area contributed by atoms with Crippen molar-refractivity contribution < 1.29 is 0 Å². The molecule has 0 aliphatic heterocycles. The molecular weight excluding hydrogens is 327 g/mol. The van der Waals surface area contributed by atoms with Gasteiger partial charge in [-0.05, 0) is 36.8 Å². The maximum atomic E-state index is 6.42. The van der Waals surface area contributed by atoms with Crippen LogP contribution < -0.4 is 0 Å². The maximum Gasteiger partial charge on any atom is 0.115 e. The van der Waals surface area contributed by atoms with Gasteiger partial charge in [0.05, 0.1) is 21.7 Å². The lowest BCUT2D eigenvalue weighted by molar-refractivity contribution is 0.907. The summed E-state index contributed by atoms with van der Waals surface area (Å²) in [5, 5.41) is 1.36. The Hall–Kier alpha value is -1.22. The number of rotatable bonds is 3. The third-order valence-electron chi connectivity index (χ3n) is 3.42. The summed E-state index contributed by atoms with van der Waals surface area (Å²) in [5.74, 6) is 1.39. The van der Waals surface area contributed by atoms with E-state index in [0.29, 0.717) is 22.3 Å². The number of alkyl halides is 1. The summed E-state index contributed by atoms with van der Waals surface area (Å²) >= 11 is 18.4. The summed E-state index contributed by atoms with van der Waals surface area (Å²) in [6, 6.07) is 11.5. The molecule has 108 valence electrons. The lowest BCUT2D eigenvalue weighted by atomic mass is 10.2. The van der Waals surface area contributed by atoms with Crippen LogP contribution in [0.1, 0.15) is 11.4 Å². The van der Waals surface area contributed by atoms with Gasteiger partial charge < -0.3 is 0 Å². The van der Waals surface area contributed by atoms with Gasteiger partial charge in [-0.2, -0.15) is 0 Å². The number of hydrogen-bond donors (Lipinski definition) is 0. The van der Waals surface area contributed by atoms with Crippen LogP contribution in [-0.4, -0.2) is 15.4 Å². The molecule has 0 atom stereocenters. The van der Waals surface area contributed by atoms with Gasteiger partial charge in [-0.25, -0.2) is 4.98 Å². The fraction of sp³-hybridized carbons (Fsp3) is 0.188. The van der Waals surface area contributed by atoms with Crippen LogP contribution in [0.4, 0.5) is 0 Å². The Bertz CT molecular complexity index is 788. The van der Waals surface area contributed by atoms with Gasteiger partial charge in [0.2, 0.25) is 0 Å². The second-order valence-electron chi connectivity index (χ2n) is 4.84. The van der Waals surface area contributed by atoms with Gasteiger partial charge in [0.15, 0.2) is 0 Å². The smallest absolute Gasteiger partial charge is 0.115 e. The zero-order valence-corrected chi connectivity index (χ0v) is 13.7. The van der Waals surface area contributed by atoms with E-state index in [2.05, 4.69) is 9.55 Å². The van der Waals surface area contributed by atoms with Crippen LogP contribution in [-0.2, 0) is 6.42 Å². The van der Waals surface area contributed by atoms with Gasteiger partial charge in [0.25, 0.3) is 0 Å². The Morgan fingerprint density at radius 3 is 2.67 bits per heavy atom. The molecule has 0 saturated heterocycles. The molecular formula is C16H13Cl3N2. The number of imidazole rings is 1. The molecule has 3 aromatic rings.